The number of carbonyl (C=O) groups is 1. The van der Waals surface area contributed by atoms with Crippen LogP contribution in [-0.2, 0) is 16.6 Å². The number of amides is 1. The zero-order valence-electron chi connectivity index (χ0n) is 17.8. The van der Waals surface area contributed by atoms with E-state index in [-0.39, 0.29) is 17.3 Å². The molecule has 0 spiro atoms. The lowest BCUT2D eigenvalue weighted by molar-refractivity contribution is 0.0950. The Morgan fingerprint density at radius 3 is 2.38 bits per heavy atom. The zero-order valence-corrected chi connectivity index (χ0v) is 18.7. The summed E-state index contributed by atoms with van der Waals surface area (Å²) in [4.78, 5) is 12.8. The summed E-state index contributed by atoms with van der Waals surface area (Å²) in [7, 11) is -3.84. The molecule has 0 saturated carbocycles. The van der Waals surface area contributed by atoms with Gasteiger partial charge in [-0.05, 0) is 61.4 Å². The van der Waals surface area contributed by atoms with Crippen molar-refractivity contribution in [1.29, 1.82) is 0 Å². The van der Waals surface area contributed by atoms with Gasteiger partial charge >= 0.3 is 0 Å². The van der Waals surface area contributed by atoms with Gasteiger partial charge in [-0.15, -0.1) is 0 Å². The lowest BCUT2D eigenvalue weighted by Crippen LogP contribution is -2.24. The maximum absolute atomic E-state index is 12.8. The number of benzene rings is 3. The summed E-state index contributed by atoms with van der Waals surface area (Å²) in [5, 5.41) is 2.85. The normalized spacial score (nSPS) is 12.8. The van der Waals surface area contributed by atoms with Crippen molar-refractivity contribution in [2.75, 3.05) is 17.9 Å². The minimum atomic E-state index is -3.84. The second kappa shape index (κ2) is 8.92. The van der Waals surface area contributed by atoms with E-state index in [9.17, 15) is 13.2 Å². The third-order valence-corrected chi connectivity index (χ3v) is 6.51. The summed E-state index contributed by atoms with van der Waals surface area (Å²) in [6.45, 7) is 4.96. The third kappa shape index (κ3) is 4.86. The number of anilines is 1. The summed E-state index contributed by atoms with van der Waals surface area (Å²) < 4.78 is 39.3. The molecule has 0 saturated heterocycles. The van der Waals surface area contributed by atoms with Gasteiger partial charge in [0.2, 0.25) is 0 Å². The van der Waals surface area contributed by atoms with Crippen LogP contribution in [0.1, 0.15) is 27.0 Å². The molecule has 4 rings (SSSR count). The van der Waals surface area contributed by atoms with E-state index < -0.39 is 10.0 Å². The van der Waals surface area contributed by atoms with E-state index in [1.807, 2.05) is 37.3 Å². The third-order valence-electron chi connectivity index (χ3n) is 5.13. The Bertz CT molecular complexity index is 1250. The second-order valence-electron chi connectivity index (χ2n) is 7.61. The van der Waals surface area contributed by atoms with Crippen molar-refractivity contribution in [2.45, 2.75) is 25.3 Å². The van der Waals surface area contributed by atoms with Gasteiger partial charge in [-0.2, -0.15) is 0 Å². The second-order valence-corrected chi connectivity index (χ2v) is 9.29. The van der Waals surface area contributed by atoms with Crippen molar-refractivity contribution in [2.24, 2.45) is 0 Å². The smallest absolute Gasteiger partial charge is 0.261 e. The van der Waals surface area contributed by atoms with Crippen molar-refractivity contribution in [3.8, 4) is 11.5 Å². The van der Waals surface area contributed by atoms with Crippen LogP contribution in [0, 0.1) is 13.8 Å². The van der Waals surface area contributed by atoms with Crippen LogP contribution in [-0.4, -0.2) is 27.5 Å². The van der Waals surface area contributed by atoms with Gasteiger partial charge in [0.15, 0.2) is 11.5 Å². The molecule has 2 N–H and O–H groups in total. The van der Waals surface area contributed by atoms with Crippen molar-refractivity contribution >= 4 is 21.6 Å². The minimum Gasteiger partial charge on any atom is -0.486 e. The Morgan fingerprint density at radius 2 is 1.62 bits per heavy atom. The molecule has 1 heterocycles. The highest BCUT2D eigenvalue weighted by Gasteiger charge is 2.19. The number of fused-ring (bicyclic) bond motifs is 1. The van der Waals surface area contributed by atoms with Gasteiger partial charge in [0, 0.05) is 17.8 Å². The number of sulfonamides is 1. The van der Waals surface area contributed by atoms with Crippen LogP contribution >= 0.6 is 0 Å². The van der Waals surface area contributed by atoms with Gasteiger partial charge in [-0.25, -0.2) is 8.42 Å². The summed E-state index contributed by atoms with van der Waals surface area (Å²) in [6.07, 6.45) is 0. The fourth-order valence-corrected chi connectivity index (χ4v) is 4.41. The van der Waals surface area contributed by atoms with Crippen LogP contribution in [0.3, 0.4) is 0 Å². The molecule has 0 unspecified atom stereocenters. The fourth-order valence-electron chi connectivity index (χ4n) is 3.32. The number of aryl methyl sites for hydroxylation is 2. The summed E-state index contributed by atoms with van der Waals surface area (Å²) in [5.41, 5.74) is 3.32. The summed E-state index contributed by atoms with van der Waals surface area (Å²) in [6, 6.07) is 17.0. The minimum absolute atomic E-state index is 0.0214. The molecule has 0 fully saturated rings. The highest BCUT2D eigenvalue weighted by Crippen LogP contribution is 2.30. The largest absolute Gasteiger partial charge is 0.486 e. The van der Waals surface area contributed by atoms with Gasteiger partial charge in [0.25, 0.3) is 15.9 Å². The molecule has 32 heavy (non-hydrogen) atoms. The number of rotatable bonds is 6. The molecule has 1 aliphatic rings. The SMILES string of the molecule is Cc1ccc(NS(=O)(=O)c2ccc(C)c(C(=O)NCc3ccc4c(c3)OCCO4)c2)cc1. The molecule has 0 radical (unpaired) electrons. The first-order chi connectivity index (χ1) is 15.3. The first-order valence-electron chi connectivity index (χ1n) is 10.2. The molecule has 166 valence electrons. The molecule has 0 aliphatic carbocycles. The van der Waals surface area contributed by atoms with Crippen LogP contribution in [0.4, 0.5) is 5.69 Å². The molecule has 0 aromatic heterocycles. The average Bonchev–Trinajstić information content (AvgIpc) is 2.79. The van der Waals surface area contributed by atoms with Crippen LogP contribution < -0.4 is 19.5 Å². The molecular weight excluding hydrogens is 428 g/mol. The fraction of sp³-hybridized carbons (Fsp3) is 0.208. The first kappa shape index (κ1) is 21.7. The van der Waals surface area contributed by atoms with Gasteiger partial charge in [-0.3, -0.25) is 9.52 Å². The van der Waals surface area contributed by atoms with Crippen molar-refractivity contribution < 1.29 is 22.7 Å². The number of hydrogen-bond donors (Lipinski definition) is 2. The van der Waals surface area contributed by atoms with Crippen LogP contribution in [0.5, 0.6) is 11.5 Å². The van der Waals surface area contributed by atoms with Crippen LogP contribution in [0.25, 0.3) is 0 Å². The van der Waals surface area contributed by atoms with Crippen LogP contribution in [0.15, 0.2) is 65.6 Å². The van der Waals surface area contributed by atoms with Crippen LogP contribution in [0.2, 0.25) is 0 Å². The Balaban J connectivity index is 1.49. The number of hydrogen-bond acceptors (Lipinski definition) is 5. The Labute approximate surface area is 187 Å². The van der Waals surface area contributed by atoms with E-state index >= 15 is 0 Å². The van der Waals surface area contributed by atoms with Gasteiger partial charge in [0.05, 0.1) is 4.90 Å². The lowest BCUT2D eigenvalue weighted by Gasteiger charge is -2.19. The lowest BCUT2D eigenvalue weighted by atomic mass is 10.1. The summed E-state index contributed by atoms with van der Waals surface area (Å²) in [5.74, 6) is 0.973. The molecule has 3 aromatic carbocycles. The quantitative estimate of drug-likeness (QED) is 0.593. The molecule has 0 bridgehead atoms. The monoisotopic (exact) mass is 452 g/mol. The Kier molecular flexibility index (Phi) is 6.05. The maximum Gasteiger partial charge on any atom is 0.261 e. The first-order valence-corrected chi connectivity index (χ1v) is 11.7. The molecular formula is C24H24N2O5S. The van der Waals surface area contributed by atoms with Crippen molar-refractivity contribution in [3.05, 3.63) is 82.9 Å². The number of nitrogens with one attached hydrogen (secondary N) is 2. The average molecular weight is 453 g/mol. The number of carbonyl (C=O) groups excluding carboxylic acids is 1. The zero-order chi connectivity index (χ0) is 22.7. The van der Waals surface area contributed by atoms with Crippen molar-refractivity contribution in [3.63, 3.8) is 0 Å². The van der Waals surface area contributed by atoms with Gasteiger partial charge in [0.1, 0.15) is 13.2 Å². The van der Waals surface area contributed by atoms with E-state index in [4.69, 9.17) is 9.47 Å². The van der Waals surface area contributed by atoms with Gasteiger partial charge < -0.3 is 14.8 Å². The predicted octanol–water partition coefficient (Wildman–Crippen LogP) is 3.81. The molecule has 1 aliphatic heterocycles. The molecule has 8 heteroatoms. The number of ether oxygens (including phenoxy) is 2. The van der Waals surface area contributed by atoms with E-state index in [1.54, 1.807) is 25.1 Å². The Hall–Kier alpha value is -3.52. The topological polar surface area (TPSA) is 93.7 Å². The van der Waals surface area contributed by atoms with Gasteiger partial charge in [-0.1, -0.05) is 29.8 Å². The van der Waals surface area contributed by atoms with E-state index in [1.165, 1.54) is 12.1 Å². The molecule has 0 atom stereocenters. The van der Waals surface area contributed by atoms with Crippen molar-refractivity contribution in [1.82, 2.24) is 5.32 Å². The standard InChI is InChI=1S/C24H24N2O5S/c1-16-3-7-19(8-4-16)26-32(28,29)20-9-5-17(2)21(14-20)24(27)25-15-18-6-10-22-23(13-18)31-12-11-30-22/h3-10,13-14,26H,11-12,15H2,1-2H3,(H,25,27). The molecule has 7 nitrogen and oxygen atoms in total. The summed E-state index contributed by atoms with van der Waals surface area (Å²) >= 11 is 0. The maximum atomic E-state index is 12.8. The highest BCUT2D eigenvalue weighted by molar-refractivity contribution is 7.92. The molecule has 3 aromatic rings. The van der Waals surface area contributed by atoms with E-state index in [0.29, 0.717) is 41.5 Å². The molecule has 1 amide bonds. The van der Waals surface area contributed by atoms with E-state index in [0.717, 1.165) is 11.1 Å². The highest BCUT2D eigenvalue weighted by atomic mass is 32.2. The Morgan fingerprint density at radius 1 is 0.906 bits per heavy atom. The van der Waals surface area contributed by atoms with E-state index in [2.05, 4.69) is 10.0 Å². The predicted molar refractivity (Wildman–Crippen MR) is 122 cm³/mol.